The number of nitrogens with one attached hydrogen (secondary N) is 1. The summed E-state index contributed by atoms with van der Waals surface area (Å²) >= 11 is 0. The summed E-state index contributed by atoms with van der Waals surface area (Å²) in [5.41, 5.74) is 4.59. The number of Topliss-reactive ketones (excluding diaryl/α,β-unsaturated/α-hetero) is 1. The number of fused-ring (bicyclic) bond motifs is 1. The van der Waals surface area contributed by atoms with E-state index < -0.39 is 0 Å². The van der Waals surface area contributed by atoms with Crippen LogP contribution in [-0.4, -0.2) is 18.9 Å². The minimum atomic E-state index is -0.219. The highest BCUT2D eigenvalue weighted by Crippen LogP contribution is 2.22. The van der Waals surface area contributed by atoms with Crippen molar-refractivity contribution in [3.63, 3.8) is 0 Å². The molecule has 0 amide bonds. The predicted octanol–water partition coefficient (Wildman–Crippen LogP) is 3.33. The van der Waals surface area contributed by atoms with Gasteiger partial charge in [0.2, 0.25) is 0 Å². The summed E-state index contributed by atoms with van der Waals surface area (Å²) in [5, 5.41) is 3.17. The van der Waals surface area contributed by atoms with E-state index in [0.717, 1.165) is 30.4 Å². The third-order valence-electron chi connectivity index (χ3n) is 4.21. The quantitative estimate of drug-likeness (QED) is 0.654. The van der Waals surface area contributed by atoms with Crippen molar-refractivity contribution in [2.75, 3.05) is 13.1 Å². The highest BCUT2D eigenvalue weighted by Gasteiger charge is 2.13. The molecule has 1 aliphatic carbocycles. The van der Waals surface area contributed by atoms with Crippen molar-refractivity contribution in [3.05, 3.63) is 70.5 Å². The fraction of sp³-hybridized carbons (Fsp3) is 0.316. The Morgan fingerprint density at radius 3 is 2.64 bits per heavy atom. The first-order valence-corrected chi connectivity index (χ1v) is 7.82. The highest BCUT2D eigenvalue weighted by atomic mass is 19.1. The molecular weight excluding hydrogens is 277 g/mol. The van der Waals surface area contributed by atoms with Crippen LogP contribution in [0, 0.1) is 5.82 Å². The van der Waals surface area contributed by atoms with E-state index in [1.165, 1.54) is 29.7 Å². The molecular formula is C19H20FNO. The summed E-state index contributed by atoms with van der Waals surface area (Å²) in [6.45, 7) is 1.06. The lowest BCUT2D eigenvalue weighted by Crippen LogP contribution is -2.25. The number of aryl methyl sites for hydroxylation is 2. The SMILES string of the molecule is O=C(CNCCc1ccc(F)cc1)c1ccc2c(c1)CCC2. The van der Waals surface area contributed by atoms with Crippen LogP contribution in [0.3, 0.4) is 0 Å². The van der Waals surface area contributed by atoms with Gasteiger partial charge in [0.1, 0.15) is 5.82 Å². The molecule has 114 valence electrons. The molecule has 0 aliphatic heterocycles. The average Bonchev–Trinajstić information content (AvgIpc) is 3.00. The second kappa shape index (κ2) is 6.84. The van der Waals surface area contributed by atoms with Crippen LogP contribution in [0.1, 0.15) is 33.5 Å². The van der Waals surface area contributed by atoms with Crippen molar-refractivity contribution < 1.29 is 9.18 Å². The minimum absolute atomic E-state index is 0.133. The lowest BCUT2D eigenvalue weighted by molar-refractivity contribution is 0.0991. The molecule has 3 heteroatoms. The minimum Gasteiger partial charge on any atom is -0.309 e. The smallest absolute Gasteiger partial charge is 0.176 e. The Labute approximate surface area is 130 Å². The molecule has 0 heterocycles. The third-order valence-corrected chi connectivity index (χ3v) is 4.21. The second-order valence-corrected chi connectivity index (χ2v) is 5.81. The largest absolute Gasteiger partial charge is 0.309 e. The van der Waals surface area contributed by atoms with Gasteiger partial charge in [-0.2, -0.15) is 0 Å². The lowest BCUT2D eigenvalue weighted by atomic mass is 10.0. The maximum Gasteiger partial charge on any atom is 0.176 e. The van der Waals surface area contributed by atoms with Crippen LogP contribution in [0.4, 0.5) is 4.39 Å². The molecule has 0 saturated carbocycles. The Morgan fingerprint density at radius 2 is 1.82 bits per heavy atom. The number of halogens is 1. The maximum atomic E-state index is 12.8. The molecule has 2 aromatic rings. The summed E-state index contributed by atoms with van der Waals surface area (Å²) < 4.78 is 12.8. The highest BCUT2D eigenvalue weighted by molar-refractivity contribution is 5.97. The summed E-state index contributed by atoms with van der Waals surface area (Å²) in [5.74, 6) is -0.0858. The average molecular weight is 297 g/mol. The molecule has 0 unspecified atom stereocenters. The zero-order chi connectivity index (χ0) is 15.4. The van der Waals surface area contributed by atoms with Crippen LogP contribution in [0.5, 0.6) is 0 Å². The van der Waals surface area contributed by atoms with Crippen LogP contribution in [0.2, 0.25) is 0 Å². The predicted molar refractivity (Wildman–Crippen MR) is 85.8 cm³/mol. The summed E-state index contributed by atoms with van der Waals surface area (Å²) in [4.78, 5) is 12.2. The van der Waals surface area contributed by atoms with E-state index in [0.29, 0.717) is 13.1 Å². The van der Waals surface area contributed by atoms with Gasteiger partial charge in [0.25, 0.3) is 0 Å². The molecule has 0 spiro atoms. The van der Waals surface area contributed by atoms with E-state index in [9.17, 15) is 9.18 Å². The first-order chi connectivity index (χ1) is 10.7. The zero-order valence-electron chi connectivity index (χ0n) is 12.6. The van der Waals surface area contributed by atoms with Gasteiger partial charge in [0.05, 0.1) is 6.54 Å². The number of ketones is 1. The molecule has 1 aliphatic rings. The fourth-order valence-electron chi connectivity index (χ4n) is 2.93. The van der Waals surface area contributed by atoms with Crippen molar-refractivity contribution in [2.45, 2.75) is 25.7 Å². The van der Waals surface area contributed by atoms with Crippen LogP contribution in [0.15, 0.2) is 42.5 Å². The van der Waals surface area contributed by atoms with Gasteiger partial charge < -0.3 is 5.32 Å². The van der Waals surface area contributed by atoms with E-state index in [4.69, 9.17) is 0 Å². The van der Waals surface area contributed by atoms with Crippen LogP contribution in [0.25, 0.3) is 0 Å². The van der Waals surface area contributed by atoms with E-state index in [1.54, 1.807) is 12.1 Å². The van der Waals surface area contributed by atoms with Crippen molar-refractivity contribution in [2.24, 2.45) is 0 Å². The molecule has 2 aromatic carbocycles. The number of hydrogen-bond donors (Lipinski definition) is 1. The van der Waals surface area contributed by atoms with Gasteiger partial charge in [0.15, 0.2) is 5.78 Å². The van der Waals surface area contributed by atoms with E-state index in [-0.39, 0.29) is 11.6 Å². The number of carbonyl (C=O) groups is 1. The number of hydrogen-bond acceptors (Lipinski definition) is 2. The van der Waals surface area contributed by atoms with Gasteiger partial charge >= 0.3 is 0 Å². The van der Waals surface area contributed by atoms with Gasteiger partial charge in [-0.1, -0.05) is 24.3 Å². The molecule has 0 radical (unpaired) electrons. The molecule has 0 atom stereocenters. The maximum absolute atomic E-state index is 12.8. The standard InChI is InChI=1S/C19H20FNO/c20-18-8-4-14(5-9-18)10-11-21-13-19(22)17-7-6-15-2-1-3-16(15)12-17/h4-9,12,21H,1-3,10-11,13H2. The van der Waals surface area contributed by atoms with E-state index in [2.05, 4.69) is 11.4 Å². The second-order valence-electron chi connectivity index (χ2n) is 5.81. The Bertz CT molecular complexity index is 664. The Hall–Kier alpha value is -2.00. The monoisotopic (exact) mass is 297 g/mol. The number of benzene rings is 2. The first-order valence-electron chi connectivity index (χ1n) is 7.82. The van der Waals surface area contributed by atoms with Gasteiger partial charge in [0, 0.05) is 5.56 Å². The molecule has 22 heavy (non-hydrogen) atoms. The van der Waals surface area contributed by atoms with Crippen LogP contribution < -0.4 is 5.32 Å². The van der Waals surface area contributed by atoms with Crippen molar-refractivity contribution in [1.29, 1.82) is 0 Å². The summed E-state index contributed by atoms with van der Waals surface area (Å²) in [7, 11) is 0. The number of carbonyl (C=O) groups excluding carboxylic acids is 1. The zero-order valence-corrected chi connectivity index (χ0v) is 12.6. The topological polar surface area (TPSA) is 29.1 Å². The third kappa shape index (κ3) is 3.60. The van der Waals surface area contributed by atoms with E-state index >= 15 is 0 Å². The van der Waals surface area contributed by atoms with Gasteiger partial charge in [-0.3, -0.25) is 4.79 Å². The number of rotatable bonds is 6. The fourth-order valence-corrected chi connectivity index (χ4v) is 2.93. The molecule has 2 nitrogen and oxygen atoms in total. The van der Waals surface area contributed by atoms with Crippen molar-refractivity contribution in [3.8, 4) is 0 Å². The first kappa shape index (κ1) is 14.9. The normalized spacial score (nSPS) is 13.1. The summed E-state index contributed by atoms with van der Waals surface area (Å²) in [6.07, 6.45) is 4.22. The van der Waals surface area contributed by atoms with Crippen molar-refractivity contribution >= 4 is 5.78 Å². The molecule has 3 rings (SSSR count). The van der Waals surface area contributed by atoms with Gasteiger partial charge in [-0.15, -0.1) is 0 Å². The van der Waals surface area contributed by atoms with Crippen LogP contribution >= 0.6 is 0 Å². The van der Waals surface area contributed by atoms with Gasteiger partial charge in [-0.05, 0) is 67.1 Å². The Kier molecular flexibility index (Phi) is 4.64. The molecule has 0 saturated heterocycles. The Morgan fingerprint density at radius 1 is 1.05 bits per heavy atom. The molecule has 1 N–H and O–H groups in total. The van der Waals surface area contributed by atoms with Crippen LogP contribution in [-0.2, 0) is 19.3 Å². The van der Waals surface area contributed by atoms with Crippen molar-refractivity contribution in [1.82, 2.24) is 5.32 Å². The Balaban J connectivity index is 1.47. The summed E-state index contributed by atoms with van der Waals surface area (Å²) in [6, 6.07) is 12.6. The molecule has 0 bridgehead atoms. The molecule has 0 fully saturated rings. The van der Waals surface area contributed by atoms with Gasteiger partial charge in [-0.25, -0.2) is 4.39 Å². The molecule has 0 aromatic heterocycles. The lowest BCUT2D eigenvalue weighted by Gasteiger charge is -2.06. The van der Waals surface area contributed by atoms with E-state index in [1.807, 2.05) is 12.1 Å².